The van der Waals surface area contributed by atoms with Crippen LogP contribution in [0.2, 0.25) is 0 Å². The van der Waals surface area contributed by atoms with E-state index in [0.29, 0.717) is 13.0 Å². The highest BCUT2D eigenvalue weighted by atomic mass is 35.5. The van der Waals surface area contributed by atoms with E-state index < -0.39 is 12.0 Å². The Morgan fingerprint density at radius 2 is 1.95 bits per heavy atom. The predicted molar refractivity (Wildman–Crippen MR) is 79.4 cm³/mol. The van der Waals surface area contributed by atoms with E-state index in [1.165, 1.54) is 0 Å². The summed E-state index contributed by atoms with van der Waals surface area (Å²) in [6.07, 6.45) is 0.523. The molecule has 0 unspecified atom stereocenters. The fraction of sp³-hybridized carbons (Fsp3) is 0.429. The van der Waals surface area contributed by atoms with Crippen molar-refractivity contribution in [2.45, 2.75) is 32.4 Å². The molecule has 1 aromatic carbocycles. The van der Waals surface area contributed by atoms with Gasteiger partial charge in [-0.25, -0.2) is 0 Å². The summed E-state index contributed by atoms with van der Waals surface area (Å²) in [6.45, 7) is 2.62. The Hall–Kier alpha value is -1.59. The number of carbonyl (C=O) groups excluding carboxylic acids is 2. The molecule has 6 heteroatoms. The third-order valence-electron chi connectivity index (χ3n) is 2.58. The third-order valence-corrected chi connectivity index (χ3v) is 2.58. The van der Waals surface area contributed by atoms with Crippen molar-refractivity contribution in [3.63, 3.8) is 0 Å². The Kier molecular flexibility index (Phi) is 9.41. The Balaban J connectivity index is 0.00000361. The van der Waals surface area contributed by atoms with Gasteiger partial charge in [-0.2, -0.15) is 0 Å². The molecule has 0 spiro atoms. The van der Waals surface area contributed by atoms with Crippen LogP contribution in [0.4, 0.5) is 0 Å². The average Bonchev–Trinajstić information content (AvgIpc) is 2.43. The molecule has 0 fully saturated rings. The summed E-state index contributed by atoms with van der Waals surface area (Å²) < 4.78 is 5.09. The van der Waals surface area contributed by atoms with E-state index in [1.807, 2.05) is 37.3 Å². The van der Waals surface area contributed by atoms with Crippen molar-refractivity contribution in [1.82, 2.24) is 5.32 Å². The molecule has 0 saturated carbocycles. The Labute approximate surface area is 125 Å². The van der Waals surface area contributed by atoms with Crippen molar-refractivity contribution >= 4 is 24.3 Å². The van der Waals surface area contributed by atoms with Crippen molar-refractivity contribution in [2.75, 3.05) is 6.54 Å². The van der Waals surface area contributed by atoms with Crippen molar-refractivity contribution < 1.29 is 14.3 Å². The second-order valence-corrected chi connectivity index (χ2v) is 4.19. The molecular weight excluding hydrogens is 280 g/mol. The van der Waals surface area contributed by atoms with E-state index in [-0.39, 0.29) is 31.3 Å². The van der Waals surface area contributed by atoms with E-state index in [4.69, 9.17) is 10.5 Å². The molecule has 3 N–H and O–H groups in total. The van der Waals surface area contributed by atoms with E-state index in [2.05, 4.69) is 5.32 Å². The number of benzene rings is 1. The molecule has 0 aliphatic heterocycles. The van der Waals surface area contributed by atoms with E-state index >= 15 is 0 Å². The van der Waals surface area contributed by atoms with Gasteiger partial charge in [0.1, 0.15) is 12.6 Å². The normalized spacial score (nSPS) is 11.1. The lowest BCUT2D eigenvalue weighted by Gasteiger charge is -2.11. The predicted octanol–water partition coefficient (Wildman–Crippen LogP) is 1.40. The molecule has 0 saturated heterocycles. The van der Waals surface area contributed by atoms with Crippen LogP contribution >= 0.6 is 12.4 Å². The summed E-state index contributed by atoms with van der Waals surface area (Å²) in [5, 5.41) is 2.65. The molecule has 0 heterocycles. The van der Waals surface area contributed by atoms with Gasteiger partial charge in [0.05, 0.1) is 0 Å². The minimum atomic E-state index is -0.758. The van der Waals surface area contributed by atoms with Gasteiger partial charge < -0.3 is 15.8 Å². The van der Waals surface area contributed by atoms with Crippen LogP contribution in [0, 0.1) is 0 Å². The van der Waals surface area contributed by atoms with Crippen LogP contribution in [-0.2, 0) is 20.9 Å². The lowest BCUT2D eigenvalue weighted by molar-refractivity contribution is -0.146. The molecule has 0 aromatic heterocycles. The van der Waals surface area contributed by atoms with Gasteiger partial charge in [-0.15, -0.1) is 12.4 Å². The molecule has 0 bridgehead atoms. The van der Waals surface area contributed by atoms with Crippen molar-refractivity contribution in [3.05, 3.63) is 35.9 Å². The molecule has 112 valence electrons. The van der Waals surface area contributed by atoms with Crippen LogP contribution in [-0.4, -0.2) is 24.5 Å². The number of hydrogen-bond acceptors (Lipinski definition) is 4. The monoisotopic (exact) mass is 300 g/mol. The second kappa shape index (κ2) is 10.2. The largest absolute Gasteiger partial charge is 0.460 e. The van der Waals surface area contributed by atoms with Crippen LogP contribution in [0.25, 0.3) is 0 Å². The van der Waals surface area contributed by atoms with Gasteiger partial charge in [-0.1, -0.05) is 30.3 Å². The first kappa shape index (κ1) is 18.4. The number of esters is 1. The van der Waals surface area contributed by atoms with Crippen molar-refractivity contribution in [3.8, 4) is 0 Å². The summed E-state index contributed by atoms with van der Waals surface area (Å²) in [7, 11) is 0. The summed E-state index contributed by atoms with van der Waals surface area (Å²) >= 11 is 0. The molecule has 1 amide bonds. The SMILES string of the molecule is CCNC(=O)CC[C@H](N)C(=O)OCc1ccccc1.Cl. The Bertz CT molecular complexity index is 412. The smallest absolute Gasteiger partial charge is 0.323 e. The standard InChI is InChI=1S/C14H20N2O3.ClH/c1-2-16-13(17)9-8-12(15)14(18)19-10-11-6-4-3-5-7-11;/h3-7,12H,2,8-10,15H2,1H3,(H,16,17);1H/t12-;/m0./s1. The van der Waals surface area contributed by atoms with Crippen molar-refractivity contribution in [1.29, 1.82) is 0 Å². The summed E-state index contributed by atoms with van der Waals surface area (Å²) in [6, 6.07) is 8.62. The van der Waals surface area contributed by atoms with Gasteiger partial charge in [0.25, 0.3) is 0 Å². The summed E-state index contributed by atoms with van der Waals surface area (Å²) in [4.78, 5) is 22.8. The molecule has 5 nitrogen and oxygen atoms in total. The zero-order chi connectivity index (χ0) is 14.1. The maximum absolute atomic E-state index is 11.6. The minimum absolute atomic E-state index is 0. The number of carbonyl (C=O) groups is 2. The van der Waals surface area contributed by atoms with Gasteiger partial charge in [0, 0.05) is 13.0 Å². The first-order valence-electron chi connectivity index (χ1n) is 6.36. The third kappa shape index (κ3) is 7.11. The highest BCUT2D eigenvalue weighted by Gasteiger charge is 2.16. The number of ether oxygens (including phenoxy) is 1. The fourth-order valence-corrected chi connectivity index (χ4v) is 1.53. The second-order valence-electron chi connectivity index (χ2n) is 4.19. The van der Waals surface area contributed by atoms with Crippen LogP contribution in [0.1, 0.15) is 25.3 Å². The molecule has 20 heavy (non-hydrogen) atoms. The first-order chi connectivity index (χ1) is 9.13. The highest BCUT2D eigenvalue weighted by Crippen LogP contribution is 2.03. The van der Waals surface area contributed by atoms with Gasteiger partial charge in [-0.3, -0.25) is 9.59 Å². The Morgan fingerprint density at radius 3 is 2.55 bits per heavy atom. The zero-order valence-electron chi connectivity index (χ0n) is 11.5. The number of nitrogens with two attached hydrogens (primary N) is 1. The van der Waals surface area contributed by atoms with Gasteiger partial charge in [0.2, 0.25) is 5.91 Å². The number of amides is 1. The van der Waals surface area contributed by atoms with Gasteiger partial charge in [0.15, 0.2) is 0 Å². The van der Waals surface area contributed by atoms with E-state index in [0.717, 1.165) is 5.56 Å². The summed E-state index contributed by atoms with van der Waals surface area (Å²) in [5.41, 5.74) is 6.58. The quantitative estimate of drug-likeness (QED) is 0.746. The lowest BCUT2D eigenvalue weighted by Crippen LogP contribution is -2.34. The maximum atomic E-state index is 11.6. The van der Waals surface area contributed by atoms with Crippen molar-refractivity contribution in [2.24, 2.45) is 5.73 Å². The molecule has 0 radical (unpaired) electrons. The van der Waals surface area contributed by atoms with Gasteiger partial charge in [-0.05, 0) is 18.9 Å². The molecule has 1 aromatic rings. The zero-order valence-corrected chi connectivity index (χ0v) is 12.3. The molecule has 0 aliphatic rings. The molecular formula is C14H21ClN2O3. The first-order valence-corrected chi connectivity index (χ1v) is 6.36. The van der Waals surface area contributed by atoms with Crippen LogP contribution in [0.3, 0.4) is 0 Å². The van der Waals surface area contributed by atoms with Crippen LogP contribution < -0.4 is 11.1 Å². The van der Waals surface area contributed by atoms with Crippen LogP contribution in [0.15, 0.2) is 30.3 Å². The number of rotatable bonds is 7. The van der Waals surface area contributed by atoms with E-state index in [9.17, 15) is 9.59 Å². The van der Waals surface area contributed by atoms with E-state index in [1.54, 1.807) is 0 Å². The molecule has 0 aliphatic carbocycles. The lowest BCUT2D eigenvalue weighted by atomic mass is 10.1. The number of hydrogen-bond donors (Lipinski definition) is 2. The number of nitrogens with one attached hydrogen (secondary N) is 1. The summed E-state index contributed by atoms with van der Waals surface area (Å²) in [5.74, 6) is -0.582. The maximum Gasteiger partial charge on any atom is 0.323 e. The number of halogens is 1. The van der Waals surface area contributed by atoms with Gasteiger partial charge >= 0.3 is 5.97 Å². The minimum Gasteiger partial charge on any atom is -0.460 e. The average molecular weight is 301 g/mol. The topological polar surface area (TPSA) is 81.4 Å². The fourth-order valence-electron chi connectivity index (χ4n) is 1.53. The molecule has 1 rings (SSSR count). The Morgan fingerprint density at radius 1 is 1.30 bits per heavy atom. The highest BCUT2D eigenvalue weighted by molar-refractivity contribution is 5.85. The molecule has 1 atom stereocenters. The van der Waals surface area contributed by atoms with Crippen LogP contribution in [0.5, 0.6) is 0 Å².